The van der Waals surface area contributed by atoms with Gasteiger partial charge < -0.3 is 5.73 Å². The van der Waals surface area contributed by atoms with Crippen molar-refractivity contribution in [1.82, 2.24) is 20.0 Å². The molecule has 0 amide bonds. The number of aromatic nitrogens is 4. The summed E-state index contributed by atoms with van der Waals surface area (Å²) in [6, 6.07) is 5.63. The third-order valence-electron chi connectivity index (χ3n) is 3.29. The molecule has 2 N–H and O–H groups in total. The Morgan fingerprint density at radius 2 is 2.19 bits per heavy atom. The number of rotatable bonds is 5. The zero-order valence-corrected chi connectivity index (χ0v) is 12.6. The lowest BCUT2D eigenvalue weighted by molar-refractivity contribution is 0.655. The molecule has 0 aliphatic heterocycles. The highest BCUT2D eigenvalue weighted by Crippen LogP contribution is 2.18. The average Bonchev–Trinajstić information content (AvgIpc) is 2.93. The predicted octanol–water partition coefficient (Wildman–Crippen LogP) is 2.25. The fourth-order valence-electron chi connectivity index (χ4n) is 1.73. The van der Waals surface area contributed by atoms with Gasteiger partial charge in [0.05, 0.1) is 23.3 Å². The van der Waals surface area contributed by atoms with Crippen molar-refractivity contribution in [3.63, 3.8) is 0 Å². The van der Waals surface area contributed by atoms with Crippen LogP contribution in [0.1, 0.15) is 26.0 Å². The van der Waals surface area contributed by atoms with E-state index in [4.69, 9.17) is 5.73 Å². The van der Waals surface area contributed by atoms with Gasteiger partial charge in [-0.2, -0.15) is 15.0 Å². The minimum atomic E-state index is 0.227. The van der Waals surface area contributed by atoms with Crippen molar-refractivity contribution in [3.05, 3.63) is 36.7 Å². The molecular formula is C15H20N6. The molecule has 110 valence electrons. The summed E-state index contributed by atoms with van der Waals surface area (Å²) >= 11 is 0. The summed E-state index contributed by atoms with van der Waals surface area (Å²) in [6.45, 7) is 8.06. The SMILES string of the molecule is C=C(N=C(N)C(C)CC)c1cccc(-c2cnn(C)n2)n1. The van der Waals surface area contributed by atoms with Crippen LogP contribution in [-0.2, 0) is 7.05 Å². The number of pyridine rings is 1. The van der Waals surface area contributed by atoms with Gasteiger partial charge in [0.2, 0.25) is 0 Å². The van der Waals surface area contributed by atoms with Crippen LogP contribution in [0.15, 0.2) is 36.0 Å². The largest absolute Gasteiger partial charge is 0.387 e. The summed E-state index contributed by atoms with van der Waals surface area (Å²) in [4.78, 5) is 10.4. The predicted molar refractivity (Wildman–Crippen MR) is 84.3 cm³/mol. The van der Waals surface area contributed by atoms with Crippen molar-refractivity contribution in [2.24, 2.45) is 23.7 Å². The Hall–Kier alpha value is -2.50. The van der Waals surface area contributed by atoms with Crippen LogP contribution in [0.4, 0.5) is 0 Å². The van der Waals surface area contributed by atoms with E-state index in [1.165, 1.54) is 4.80 Å². The van der Waals surface area contributed by atoms with Gasteiger partial charge in [0.15, 0.2) is 0 Å². The zero-order chi connectivity index (χ0) is 15.4. The summed E-state index contributed by atoms with van der Waals surface area (Å²) in [5, 5.41) is 8.28. The molecular weight excluding hydrogens is 264 g/mol. The van der Waals surface area contributed by atoms with Gasteiger partial charge in [0, 0.05) is 13.0 Å². The quantitative estimate of drug-likeness (QED) is 0.674. The first-order chi connectivity index (χ1) is 10.0. The molecule has 6 nitrogen and oxygen atoms in total. The van der Waals surface area contributed by atoms with E-state index in [9.17, 15) is 0 Å². The number of aliphatic imine (C=N–C) groups is 1. The fourth-order valence-corrected chi connectivity index (χ4v) is 1.73. The Morgan fingerprint density at radius 3 is 2.81 bits per heavy atom. The summed E-state index contributed by atoms with van der Waals surface area (Å²) in [5.41, 5.74) is 8.64. The molecule has 0 spiro atoms. The Kier molecular flexibility index (Phi) is 4.47. The first-order valence-corrected chi connectivity index (χ1v) is 6.88. The lowest BCUT2D eigenvalue weighted by Gasteiger charge is -2.08. The number of nitrogens with two attached hydrogens (primary N) is 1. The first kappa shape index (κ1) is 14.9. The van der Waals surface area contributed by atoms with E-state index in [1.807, 2.05) is 25.1 Å². The van der Waals surface area contributed by atoms with Gasteiger partial charge in [-0.3, -0.25) is 0 Å². The first-order valence-electron chi connectivity index (χ1n) is 6.88. The van der Waals surface area contributed by atoms with Gasteiger partial charge in [-0.15, -0.1) is 0 Å². The van der Waals surface area contributed by atoms with E-state index in [-0.39, 0.29) is 5.92 Å². The Labute approximate surface area is 124 Å². The van der Waals surface area contributed by atoms with Crippen LogP contribution in [0, 0.1) is 5.92 Å². The summed E-state index contributed by atoms with van der Waals surface area (Å²) in [6.07, 6.45) is 2.61. The number of amidine groups is 1. The highest BCUT2D eigenvalue weighted by atomic mass is 15.4. The Bertz CT molecular complexity index is 670. The molecule has 0 aliphatic carbocycles. The molecule has 2 rings (SSSR count). The van der Waals surface area contributed by atoms with Crippen LogP contribution >= 0.6 is 0 Å². The molecule has 0 radical (unpaired) electrons. The van der Waals surface area contributed by atoms with Gasteiger partial charge in [-0.05, 0) is 18.6 Å². The molecule has 2 heterocycles. The van der Waals surface area contributed by atoms with E-state index >= 15 is 0 Å². The van der Waals surface area contributed by atoms with E-state index in [2.05, 4.69) is 33.7 Å². The van der Waals surface area contributed by atoms with Crippen LogP contribution in [0.3, 0.4) is 0 Å². The monoisotopic (exact) mass is 284 g/mol. The van der Waals surface area contributed by atoms with Crippen LogP contribution in [0.25, 0.3) is 17.1 Å². The number of aryl methyl sites for hydroxylation is 1. The van der Waals surface area contributed by atoms with Gasteiger partial charge in [-0.25, -0.2) is 9.98 Å². The number of hydrogen-bond donors (Lipinski definition) is 1. The summed E-state index contributed by atoms with van der Waals surface area (Å²) in [7, 11) is 1.77. The summed E-state index contributed by atoms with van der Waals surface area (Å²) in [5.74, 6) is 0.805. The molecule has 0 saturated heterocycles. The van der Waals surface area contributed by atoms with E-state index < -0.39 is 0 Å². The maximum atomic E-state index is 5.95. The molecule has 0 saturated carbocycles. The van der Waals surface area contributed by atoms with Crippen LogP contribution < -0.4 is 5.73 Å². The zero-order valence-electron chi connectivity index (χ0n) is 12.6. The van der Waals surface area contributed by atoms with E-state index in [0.717, 1.165) is 12.1 Å². The molecule has 1 atom stereocenters. The van der Waals surface area contributed by atoms with Crippen molar-refractivity contribution in [2.75, 3.05) is 0 Å². The highest BCUT2D eigenvalue weighted by Gasteiger charge is 2.09. The maximum absolute atomic E-state index is 5.95. The average molecular weight is 284 g/mol. The third kappa shape index (κ3) is 3.53. The molecule has 6 heteroatoms. The molecule has 2 aromatic rings. The van der Waals surface area contributed by atoms with Gasteiger partial charge in [0.25, 0.3) is 0 Å². The second-order valence-corrected chi connectivity index (χ2v) is 4.92. The molecule has 21 heavy (non-hydrogen) atoms. The van der Waals surface area contributed by atoms with Gasteiger partial charge in [0.1, 0.15) is 11.5 Å². The molecule has 2 aromatic heterocycles. The standard InChI is InChI=1S/C15H20N6/c1-5-10(2)15(16)18-11(3)12-7-6-8-13(19-12)14-9-17-21(4)20-14/h6-10H,3,5H2,1-2,4H3,(H2,16,18). The maximum Gasteiger partial charge on any atom is 0.131 e. The van der Waals surface area contributed by atoms with Crippen molar-refractivity contribution >= 4 is 11.5 Å². The number of hydrogen-bond acceptors (Lipinski definition) is 4. The van der Waals surface area contributed by atoms with Crippen LogP contribution in [0.5, 0.6) is 0 Å². The molecule has 1 unspecified atom stereocenters. The van der Waals surface area contributed by atoms with Crippen molar-refractivity contribution in [2.45, 2.75) is 20.3 Å². The van der Waals surface area contributed by atoms with Gasteiger partial charge in [-0.1, -0.05) is 26.5 Å². The lowest BCUT2D eigenvalue weighted by atomic mass is 10.1. The second-order valence-electron chi connectivity index (χ2n) is 4.92. The van der Waals surface area contributed by atoms with Crippen LogP contribution in [0.2, 0.25) is 0 Å². The normalized spacial score (nSPS) is 13.2. The topological polar surface area (TPSA) is 82.0 Å². The van der Waals surface area contributed by atoms with Gasteiger partial charge >= 0.3 is 0 Å². The minimum absolute atomic E-state index is 0.227. The third-order valence-corrected chi connectivity index (χ3v) is 3.29. The minimum Gasteiger partial charge on any atom is -0.387 e. The second kappa shape index (κ2) is 6.30. The van der Waals surface area contributed by atoms with Crippen LogP contribution in [-0.4, -0.2) is 25.8 Å². The molecule has 0 fully saturated rings. The fraction of sp³-hybridized carbons (Fsp3) is 0.333. The molecule has 0 aromatic carbocycles. The summed E-state index contributed by atoms with van der Waals surface area (Å²) < 4.78 is 0. The molecule has 0 bridgehead atoms. The highest BCUT2D eigenvalue weighted by molar-refractivity contribution is 5.87. The lowest BCUT2D eigenvalue weighted by Crippen LogP contribution is -2.20. The molecule has 0 aliphatic rings. The van der Waals surface area contributed by atoms with Crippen molar-refractivity contribution < 1.29 is 0 Å². The Morgan fingerprint density at radius 1 is 1.43 bits per heavy atom. The van der Waals surface area contributed by atoms with Crippen molar-refractivity contribution in [1.29, 1.82) is 0 Å². The van der Waals surface area contributed by atoms with E-state index in [0.29, 0.717) is 22.9 Å². The Balaban J connectivity index is 2.27. The van der Waals surface area contributed by atoms with Crippen molar-refractivity contribution in [3.8, 4) is 11.4 Å². The van der Waals surface area contributed by atoms with E-state index in [1.54, 1.807) is 13.2 Å². The smallest absolute Gasteiger partial charge is 0.131 e. The number of nitrogens with zero attached hydrogens (tertiary/aromatic N) is 5.